The molecular weight excluding hydrogens is 302 g/mol. The maximum atomic E-state index is 12.2. The van der Waals surface area contributed by atoms with Gasteiger partial charge in [0, 0.05) is 11.1 Å². The second-order valence-corrected chi connectivity index (χ2v) is 5.06. The number of nitrogens with zero attached hydrogens (tertiary/aromatic N) is 1. The summed E-state index contributed by atoms with van der Waals surface area (Å²) in [6.45, 7) is 2.67. The van der Waals surface area contributed by atoms with Crippen LogP contribution in [0, 0.1) is 11.3 Å². The quantitative estimate of drug-likeness (QED) is 0.538. The van der Waals surface area contributed by atoms with Crippen LogP contribution in [0.3, 0.4) is 0 Å². The van der Waals surface area contributed by atoms with Gasteiger partial charge in [-0.2, -0.15) is 5.26 Å². The first kappa shape index (κ1) is 17.3. The highest BCUT2D eigenvalue weighted by Crippen LogP contribution is 2.20. The van der Waals surface area contributed by atoms with Gasteiger partial charge in [0.1, 0.15) is 17.6 Å². The maximum absolute atomic E-state index is 12.2. The van der Waals surface area contributed by atoms with Crippen LogP contribution in [0.1, 0.15) is 29.3 Å². The van der Waals surface area contributed by atoms with E-state index in [-0.39, 0.29) is 12.4 Å². The third kappa shape index (κ3) is 4.99. The molecule has 2 aromatic rings. The minimum Gasteiger partial charge on any atom is -0.494 e. The molecule has 0 fully saturated rings. The molecule has 0 atom stereocenters. The number of nitriles is 1. The number of ether oxygens (including phenoxy) is 2. The van der Waals surface area contributed by atoms with Crippen molar-refractivity contribution in [1.82, 2.24) is 0 Å². The third-order valence-electron chi connectivity index (χ3n) is 3.24. The van der Waals surface area contributed by atoms with Gasteiger partial charge in [-0.1, -0.05) is 25.1 Å². The van der Waals surface area contributed by atoms with E-state index in [1.807, 2.05) is 31.2 Å². The summed E-state index contributed by atoms with van der Waals surface area (Å²) in [5, 5.41) is 8.60. The third-order valence-corrected chi connectivity index (χ3v) is 3.24. The normalized spacial score (nSPS) is 10.3. The monoisotopic (exact) mass is 321 g/mol. The zero-order chi connectivity index (χ0) is 17.2. The number of benzene rings is 2. The Morgan fingerprint density at radius 3 is 2.58 bits per heavy atom. The lowest BCUT2D eigenvalue weighted by molar-refractivity contribution is 0.104. The first-order chi connectivity index (χ1) is 11.7. The standard InChI is InChI=1S/C20H19NO3/c1-2-14-23-18-10-7-16(8-11-18)19(22)12-9-17-5-3-4-6-20(17)24-15-13-21/h3-12H,2,14-15H2,1H3/b12-9+. The van der Waals surface area contributed by atoms with Crippen molar-refractivity contribution in [2.45, 2.75) is 13.3 Å². The van der Waals surface area contributed by atoms with Crippen LogP contribution >= 0.6 is 0 Å². The number of carbonyl (C=O) groups excluding carboxylic acids is 1. The molecule has 2 rings (SSSR count). The van der Waals surface area contributed by atoms with E-state index in [1.165, 1.54) is 6.08 Å². The predicted molar refractivity (Wildman–Crippen MR) is 93.1 cm³/mol. The Morgan fingerprint density at radius 1 is 1.12 bits per heavy atom. The van der Waals surface area contributed by atoms with Gasteiger partial charge in [-0.3, -0.25) is 4.79 Å². The number of allylic oxidation sites excluding steroid dienone is 1. The number of ketones is 1. The fourth-order valence-electron chi connectivity index (χ4n) is 2.06. The summed E-state index contributed by atoms with van der Waals surface area (Å²) in [6.07, 6.45) is 4.13. The molecule has 0 heterocycles. The highest BCUT2D eigenvalue weighted by molar-refractivity contribution is 6.07. The summed E-state index contributed by atoms with van der Waals surface area (Å²) in [7, 11) is 0. The van der Waals surface area contributed by atoms with Gasteiger partial charge in [0.2, 0.25) is 0 Å². The summed E-state index contributed by atoms with van der Waals surface area (Å²) in [6, 6.07) is 16.3. The average Bonchev–Trinajstić information content (AvgIpc) is 2.63. The van der Waals surface area contributed by atoms with E-state index >= 15 is 0 Å². The van der Waals surface area contributed by atoms with Gasteiger partial charge < -0.3 is 9.47 Å². The molecule has 0 saturated heterocycles. The Balaban J connectivity index is 2.06. The van der Waals surface area contributed by atoms with Gasteiger partial charge in [-0.15, -0.1) is 0 Å². The highest BCUT2D eigenvalue weighted by atomic mass is 16.5. The smallest absolute Gasteiger partial charge is 0.185 e. The summed E-state index contributed by atoms with van der Waals surface area (Å²) in [4.78, 5) is 12.2. The number of rotatable bonds is 8. The van der Waals surface area contributed by atoms with E-state index in [0.717, 1.165) is 17.7 Å². The number of hydrogen-bond acceptors (Lipinski definition) is 4. The molecule has 4 nitrogen and oxygen atoms in total. The largest absolute Gasteiger partial charge is 0.494 e. The zero-order valence-electron chi connectivity index (χ0n) is 13.6. The Hall–Kier alpha value is -3.06. The molecule has 122 valence electrons. The Labute approximate surface area is 141 Å². The number of carbonyl (C=O) groups is 1. The van der Waals surface area contributed by atoms with Gasteiger partial charge in [-0.05, 0) is 48.9 Å². The molecule has 0 aromatic heterocycles. The molecule has 24 heavy (non-hydrogen) atoms. The molecule has 4 heteroatoms. The van der Waals surface area contributed by atoms with Crippen molar-refractivity contribution in [3.63, 3.8) is 0 Å². The summed E-state index contributed by atoms with van der Waals surface area (Å²) >= 11 is 0. The van der Waals surface area contributed by atoms with E-state index in [0.29, 0.717) is 17.9 Å². The van der Waals surface area contributed by atoms with Crippen molar-refractivity contribution in [2.24, 2.45) is 0 Å². The van der Waals surface area contributed by atoms with E-state index in [1.54, 1.807) is 36.4 Å². The summed E-state index contributed by atoms with van der Waals surface area (Å²) in [5.74, 6) is 1.23. The van der Waals surface area contributed by atoms with E-state index < -0.39 is 0 Å². The van der Waals surface area contributed by atoms with Crippen LogP contribution in [-0.2, 0) is 0 Å². The Bertz CT molecular complexity index is 742. The lowest BCUT2D eigenvalue weighted by Crippen LogP contribution is -1.98. The SMILES string of the molecule is CCCOc1ccc(C(=O)/C=C/c2ccccc2OCC#N)cc1. The molecule has 0 aliphatic rings. The van der Waals surface area contributed by atoms with Crippen molar-refractivity contribution < 1.29 is 14.3 Å². The zero-order valence-corrected chi connectivity index (χ0v) is 13.6. The van der Waals surface area contributed by atoms with Gasteiger partial charge in [-0.25, -0.2) is 0 Å². The van der Waals surface area contributed by atoms with E-state index in [2.05, 4.69) is 0 Å². The summed E-state index contributed by atoms with van der Waals surface area (Å²) < 4.78 is 10.8. The average molecular weight is 321 g/mol. The van der Waals surface area contributed by atoms with Crippen LogP contribution < -0.4 is 9.47 Å². The molecular formula is C20H19NO3. The van der Waals surface area contributed by atoms with Crippen LogP contribution in [0.5, 0.6) is 11.5 Å². The van der Waals surface area contributed by atoms with Crippen molar-refractivity contribution in [1.29, 1.82) is 5.26 Å². The van der Waals surface area contributed by atoms with Gasteiger partial charge >= 0.3 is 0 Å². The topological polar surface area (TPSA) is 59.3 Å². The van der Waals surface area contributed by atoms with Crippen molar-refractivity contribution in [3.8, 4) is 17.6 Å². The number of para-hydroxylation sites is 1. The molecule has 0 amide bonds. The Morgan fingerprint density at radius 2 is 1.88 bits per heavy atom. The van der Waals surface area contributed by atoms with Crippen molar-refractivity contribution >= 4 is 11.9 Å². The first-order valence-corrected chi connectivity index (χ1v) is 7.78. The number of hydrogen-bond donors (Lipinski definition) is 0. The van der Waals surface area contributed by atoms with Crippen LogP contribution in [0.2, 0.25) is 0 Å². The van der Waals surface area contributed by atoms with E-state index in [9.17, 15) is 4.79 Å². The van der Waals surface area contributed by atoms with Gasteiger partial charge in [0.15, 0.2) is 12.4 Å². The molecule has 0 radical (unpaired) electrons. The fourth-order valence-corrected chi connectivity index (χ4v) is 2.06. The van der Waals surface area contributed by atoms with Gasteiger partial charge in [0.25, 0.3) is 0 Å². The second-order valence-electron chi connectivity index (χ2n) is 5.06. The second kappa shape index (κ2) is 9.16. The van der Waals surface area contributed by atoms with E-state index in [4.69, 9.17) is 14.7 Å². The molecule has 0 bridgehead atoms. The minimum absolute atomic E-state index is 0.0297. The molecule has 0 aliphatic heterocycles. The predicted octanol–water partition coefficient (Wildman–Crippen LogP) is 4.27. The fraction of sp³-hybridized carbons (Fsp3) is 0.200. The van der Waals surface area contributed by atoms with Crippen molar-refractivity contribution in [2.75, 3.05) is 13.2 Å². The molecule has 2 aromatic carbocycles. The highest BCUT2D eigenvalue weighted by Gasteiger charge is 2.04. The molecule has 0 aliphatic carbocycles. The minimum atomic E-state index is -0.105. The van der Waals surface area contributed by atoms with Crippen LogP contribution in [0.25, 0.3) is 6.08 Å². The lowest BCUT2D eigenvalue weighted by Gasteiger charge is -2.05. The molecule has 0 unspecified atom stereocenters. The van der Waals surface area contributed by atoms with Crippen LogP contribution in [0.15, 0.2) is 54.6 Å². The summed E-state index contributed by atoms with van der Waals surface area (Å²) in [5.41, 5.74) is 1.34. The lowest BCUT2D eigenvalue weighted by atomic mass is 10.1. The van der Waals surface area contributed by atoms with Crippen molar-refractivity contribution in [3.05, 3.63) is 65.7 Å². The van der Waals surface area contributed by atoms with Crippen LogP contribution in [-0.4, -0.2) is 19.0 Å². The molecule has 0 N–H and O–H groups in total. The maximum Gasteiger partial charge on any atom is 0.185 e. The van der Waals surface area contributed by atoms with Crippen LogP contribution in [0.4, 0.5) is 0 Å². The molecule has 0 saturated carbocycles. The molecule has 0 spiro atoms. The first-order valence-electron chi connectivity index (χ1n) is 7.78. The van der Waals surface area contributed by atoms with Gasteiger partial charge in [0.05, 0.1) is 6.61 Å². The Kier molecular flexibility index (Phi) is 6.60.